The molecule has 21 heavy (non-hydrogen) atoms. The fraction of sp³-hybridized carbons (Fsp3) is 0.231. The summed E-state index contributed by atoms with van der Waals surface area (Å²) in [7, 11) is -3.91. The second kappa shape index (κ2) is 6.23. The minimum Gasteiger partial charge on any atom is -0.477 e. The number of carbonyl (C=O) groups excluding carboxylic acids is 1. The van der Waals surface area contributed by atoms with Crippen molar-refractivity contribution in [2.45, 2.75) is 18.7 Å². The molecule has 0 atom stereocenters. The Morgan fingerprint density at radius 3 is 2.62 bits per heavy atom. The van der Waals surface area contributed by atoms with Gasteiger partial charge in [-0.1, -0.05) is 18.2 Å². The van der Waals surface area contributed by atoms with E-state index in [1.54, 1.807) is 32.0 Å². The van der Waals surface area contributed by atoms with Crippen LogP contribution in [0.1, 0.15) is 21.6 Å². The Bertz CT molecular complexity index is 739. The van der Waals surface area contributed by atoms with Crippen LogP contribution in [-0.2, 0) is 10.0 Å². The molecule has 1 aromatic carbocycles. The van der Waals surface area contributed by atoms with Crippen molar-refractivity contribution in [1.82, 2.24) is 9.71 Å². The summed E-state index contributed by atoms with van der Waals surface area (Å²) >= 11 is 1.09. The number of carbonyl (C=O) groups is 1. The first-order chi connectivity index (χ1) is 9.94. The standard InChI is InChI=1S/C13H14N2O4S2/c1-3-19-13-11(20-9(2)14-13)12(16)15-21(17,18)10-7-5-4-6-8-10/h4-8H,3H2,1-2H3,(H,15,16). The molecule has 1 aromatic heterocycles. The summed E-state index contributed by atoms with van der Waals surface area (Å²) in [5.74, 6) is -0.589. The maximum absolute atomic E-state index is 12.1. The molecule has 8 heteroatoms. The Morgan fingerprint density at radius 1 is 1.33 bits per heavy atom. The monoisotopic (exact) mass is 326 g/mol. The Kier molecular flexibility index (Phi) is 4.59. The summed E-state index contributed by atoms with van der Waals surface area (Å²) in [5.41, 5.74) is 0. The summed E-state index contributed by atoms with van der Waals surface area (Å²) in [6, 6.07) is 7.69. The highest BCUT2D eigenvalue weighted by Crippen LogP contribution is 2.25. The predicted molar refractivity (Wildman–Crippen MR) is 79.1 cm³/mol. The first-order valence-corrected chi connectivity index (χ1v) is 8.46. The predicted octanol–water partition coefficient (Wildman–Crippen LogP) is 1.97. The van der Waals surface area contributed by atoms with Gasteiger partial charge in [-0.3, -0.25) is 4.79 Å². The number of ether oxygens (including phenoxy) is 1. The first kappa shape index (κ1) is 15.5. The van der Waals surface area contributed by atoms with Crippen molar-refractivity contribution < 1.29 is 17.9 Å². The molecule has 1 heterocycles. The van der Waals surface area contributed by atoms with Crippen molar-refractivity contribution in [3.63, 3.8) is 0 Å². The van der Waals surface area contributed by atoms with E-state index in [9.17, 15) is 13.2 Å². The molecule has 2 aromatic rings. The van der Waals surface area contributed by atoms with E-state index >= 15 is 0 Å². The van der Waals surface area contributed by atoms with Crippen molar-refractivity contribution >= 4 is 27.3 Å². The molecule has 0 bridgehead atoms. The summed E-state index contributed by atoms with van der Waals surface area (Å²) in [4.78, 5) is 16.4. The van der Waals surface area contributed by atoms with Gasteiger partial charge in [-0.25, -0.2) is 18.1 Å². The summed E-state index contributed by atoms with van der Waals surface area (Å²) in [5, 5.41) is 0.626. The molecule has 0 unspecified atom stereocenters. The second-order valence-electron chi connectivity index (χ2n) is 4.05. The molecular weight excluding hydrogens is 312 g/mol. The molecule has 0 saturated heterocycles. The quantitative estimate of drug-likeness (QED) is 0.908. The van der Waals surface area contributed by atoms with Crippen LogP contribution in [-0.4, -0.2) is 25.9 Å². The van der Waals surface area contributed by atoms with Gasteiger partial charge in [-0.2, -0.15) is 0 Å². The fourth-order valence-corrected chi connectivity index (χ4v) is 3.42. The van der Waals surface area contributed by atoms with E-state index in [0.717, 1.165) is 11.3 Å². The molecule has 0 saturated carbocycles. The molecule has 0 radical (unpaired) electrons. The Labute approximate surface area is 126 Å². The highest BCUT2D eigenvalue weighted by molar-refractivity contribution is 7.90. The number of nitrogens with zero attached hydrogens (tertiary/aromatic N) is 1. The van der Waals surface area contributed by atoms with Gasteiger partial charge in [0.05, 0.1) is 16.5 Å². The van der Waals surface area contributed by atoms with Gasteiger partial charge in [0.15, 0.2) is 4.88 Å². The van der Waals surface area contributed by atoms with E-state index in [4.69, 9.17) is 4.74 Å². The van der Waals surface area contributed by atoms with E-state index in [0.29, 0.717) is 11.6 Å². The molecule has 0 aliphatic heterocycles. The second-order valence-corrected chi connectivity index (χ2v) is 6.93. The maximum atomic E-state index is 12.1. The third-order valence-corrected chi connectivity index (χ3v) is 4.77. The number of amides is 1. The minimum absolute atomic E-state index is 0.0255. The molecule has 1 N–H and O–H groups in total. The van der Waals surface area contributed by atoms with Crippen molar-refractivity contribution in [3.8, 4) is 5.88 Å². The number of hydrogen-bond donors (Lipinski definition) is 1. The lowest BCUT2D eigenvalue weighted by Gasteiger charge is -2.06. The Balaban J connectivity index is 2.26. The van der Waals surface area contributed by atoms with Crippen LogP contribution in [0.4, 0.5) is 0 Å². The topological polar surface area (TPSA) is 85.4 Å². The van der Waals surface area contributed by atoms with Crippen LogP contribution in [0.2, 0.25) is 0 Å². The number of sulfonamides is 1. The highest BCUT2D eigenvalue weighted by atomic mass is 32.2. The number of aryl methyl sites for hydroxylation is 1. The first-order valence-electron chi connectivity index (χ1n) is 6.16. The number of hydrogen-bond acceptors (Lipinski definition) is 6. The van der Waals surface area contributed by atoms with Gasteiger partial charge in [-0.15, -0.1) is 11.3 Å². The van der Waals surface area contributed by atoms with Crippen LogP contribution in [0, 0.1) is 6.92 Å². The average molecular weight is 326 g/mol. The molecule has 0 fully saturated rings. The molecule has 0 aliphatic carbocycles. The Morgan fingerprint density at radius 2 is 2.00 bits per heavy atom. The van der Waals surface area contributed by atoms with Crippen molar-refractivity contribution in [3.05, 3.63) is 40.2 Å². The van der Waals surface area contributed by atoms with Gasteiger partial charge < -0.3 is 4.74 Å². The molecule has 1 amide bonds. The zero-order valence-corrected chi connectivity index (χ0v) is 13.1. The van der Waals surface area contributed by atoms with E-state index in [2.05, 4.69) is 4.98 Å². The highest BCUT2D eigenvalue weighted by Gasteiger charge is 2.23. The van der Waals surface area contributed by atoms with Gasteiger partial charge in [0, 0.05) is 0 Å². The normalized spacial score (nSPS) is 11.1. The average Bonchev–Trinajstić information content (AvgIpc) is 2.81. The van der Waals surface area contributed by atoms with E-state index in [1.807, 2.05) is 4.72 Å². The number of benzene rings is 1. The van der Waals surface area contributed by atoms with Gasteiger partial charge in [0.1, 0.15) is 0 Å². The number of rotatable bonds is 5. The van der Waals surface area contributed by atoms with Gasteiger partial charge in [0.2, 0.25) is 5.88 Å². The van der Waals surface area contributed by atoms with Crippen LogP contribution >= 0.6 is 11.3 Å². The molecule has 0 aliphatic rings. The zero-order chi connectivity index (χ0) is 15.5. The number of aromatic nitrogens is 1. The SMILES string of the molecule is CCOc1nc(C)sc1C(=O)NS(=O)(=O)c1ccccc1. The fourth-order valence-electron chi connectivity index (χ4n) is 1.61. The number of thiazole rings is 1. The molecule has 112 valence electrons. The van der Waals surface area contributed by atoms with Crippen molar-refractivity contribution in [1.29, 1.82) is 0 Å². The molecule has 0 spiro atoms. The van der Waals surface area contributed by atoms with Crippen LogP contribution in [0.5, 0.6) is 5.88 Å². The zero-order valence-electron chi connectivity index (χ0n) is 11.5. The van der Waals surface area contributed by atoms with Crippen LogP contribution in [0.25, 0.3) is 0 Å². The molecular formula is C13H14N2O4S2. The van der Waals surface area contributed by atoms with Crippen LogP contribution < -0.4 is 9.46 Å². The molecule has 2 rings (SSSR count). The van der Waals surface area contributed by atoms with Gasteiger partial charge >= 0.3 is 0 Å². The van der Waals surface area contributed by atoms with Crippen LogP contribution in [0.15, 0.2) is 35.2 Å². The third-order valence-electron chi connectivity index (χ3n) is 2.47. The van der Waals surface area contributed by atoms with E-state index in [1.165, 1.54) is 12.1 Å². The van der Waals surface area contributed by atoms with Crippen molar-refractivity contribution in [2.24, 2.45) is 0 Å². The third kappa shape index (κ3) is 3.59. The lowest BCUT2D eigenvalue weighted by molar-refractivity contribution is 0.0981. The summed E-state index contributed by atoms with van der Waals surface area (Å²) < 4.78 is 31.5. The minimum atomic E-state index is -3.91. The smallest absolute Gasteiger partial charge is 0.280 e. The van der Waals surface area contributed by atoms with E-state index < -0.39 is 15.9 Å². The maximum Gasteiger partial charge on any atom is 0.280 e. The van der Waals surface area contributed by atoms with Gasteiger partial charge in [-0.05, 0) is 26.0 Å². The lowest BCUT2D eigenvalue weighted by atomic mass is 10.4. The summed E-state index contributed by atoms with van der Waals surface area (Å²) in [6.45, 7) is 3.82. The summed E-state index contributed by atoms with van der Waals surface area (Å²) in [6.07, 6.45) is 0. The Hall–Kier alpha value is -1.93. The van der Waals surface area contributed by atoms with Crippen LogP contribution in [0.3, 0.4) is 0 Å². The number of nitrogens with one attached hydrogen (secondary N) is 1. The van der Waals surface area contributed by atoms with Gasteiger partial charge in [0.25, 0.3) is 15.9 Å². The van der Waals surface area contributed by atoms with E-state index in [-0.39, 0.29) is 15.7 Å². The van der Waals surface area contributed by atoms with Crippen molar-refractivity contribution in [2.75, 3.05) is 6.61 Å². The lowest BCUT2D eigenvalue weighted by Crippen LogP contribution is -2.30. The largest absolute Gasteiger partial charge is 0.477 e. The molecule has 6 nitrogen and oxygen atoms in total.